The lowest BCUT2D eigenvalue weighted by atomic mass is 9.96. The number of carbonyl (C=O) groups is 2. The Morgan fingerprint density at radius 1 is 0.616 bits per heavy atom. The molecule has 6 heterocycles. The van der Waals surface area contributed by atoms with Crippen LogP contribution in [-0.4, -0.2) is 138 Å². The molecule has 4 fully saturated rings. The Morgan fingerprint density at radius 3 is 1.40 bits per heavy atom. The molecule has 2 aromatic carbocycles. The summed E-state index contributed by atoms with van der Waals surface area (Å²) in [7, 11) is -8.35. The fourth-order valence-corrected chi connectivity index (χ4v) is 12.0. The first kappa shape index (κ1) is 56.7. The molecule has 0 unspecified atom stereocenters. The number of sulfonamides is 2. The van der Waals surface area contributed by atoms with Gasteiger partial charge in [0.25, 0.3) is 0 Å². The minimum atomic E-state index is -4.22. The molecule has 4 aliphatic heterocycles. The van der Waals surface area contributed by atoms with Gasteiger partial charge in [-0.05, 0) is 80.6 Å². The molecule has 4 aliphatic rings. The number of aliphatic carboxylic acids is 1. The maximum Gasteiger partial charge on any atom is 0.391 e. The van der Waals surface area contributed by atoms with E-state index in [1.54, 1.807) is 17.0 Å². The summed E-state index contributed by atoms with van der Waals surface area (Å²) in [6.45, 7) is 0.439. The predicted octanol–water partition coefficient (Wildman–Crippen LogP) is 6.42. The maximum atomic E-state index is 14.2. The smallest absolute Gasteiger partial charge is 0.391 e. The van der Waals surface area contributed by atoms with Crippen LogP contribution in [0.15, 0.2) is 83.1 Å². The number of alkyl halides is 8. The molecule has 0 saturated carbocycles. The number of hydrogen-bond acceptors (Lipinski definition) is 13. The van der Waals surface area contributed by atoms with E-state index in [2.05, 4.69) is 19.9 Å². The van der Waals surface area contributed by atoms with E-state index in [1.807, 2.05) is 4.90 Å². The van der Waals surface area contributed by atoms with Crippen molar-refractivity contribution in [2.24, 2.45) is 17.6 Å². The van der Waals surface area contributed by atoms with Crippen molar-refractivity contribution in [1.82, 2.24) is 28.5 Å². The Balaban J connectivity index is 0.000000197. The SMILES string of the molecule is NCc1cc(N2CCC(C(F)(F)F)CC2)ncn1.O=C(CCc1cc(N2CCC(C(F)(F)F)CC2)ncn1)[C@@H]1C[C@@H](F)CN1S(=O)(=O)c1ccc(F)cc1.O=C(O)[C@@H]1C[C@@H](F)CN1S(=O)(=O)c1ccc(F)cc1. The second-order valence-electron chi connectivity index (χ2n) is 17.6. The zero-order valence-corrected chi connectivity index (χ0v) is 40.3. The van der Waals surface area contributed by atoms with Crippen LogP contribution in [0.2, 0.25) is 0 Å². The molecule has 3 N–H and O–H groups in total. The zero-order chi connectivity index (χ0) is 53.5. The molecule has 16 nitrogen and oxygen atoms in total. The monoisotopic (exact) mass is 1080 g/mol. The Morgan fingerprint density at radius 2 is 1.00 bits per heavy atom. The number of benzene rings is 2. The molecule has 4 aromatic rings. The number of aryl methyl sites for hydroxylation is 1. The standard InChI is InChI=1S/C23H25F5N4O3S.C11H15F3N4.C11H11F2NO4S/c24-16-1-4-19(5-2-16)36(34,35)32-13-17(25)11-20(32)21(33)6-3-18-12-22(30-14-29-18)31-9-7-15(8-10-31)23(26,27)28;12-11(13,14)8-1-3-18(4-2-8)10-5-9(6-15)16-7-17-10;12-7-1-3-9(4-2-7)19(17,18)14-6-8(13)5-10(14)11(15)16/h1-2,4-5,12,14-15,17,20H,3,6-11,13H2;5,7-8H,1-4,6,15H2;1-4,8,10H,5-6H2,(H,15,16)/t17-,20+;;8-,10+/m1.1/s1. The van der Waals surface area contributed by atoms with E-state index in [1.165, 1.54) is 12.7 Å². The Bertz CT molecular complexity index is 2730. The van der Waals surface area contributed by atoms with E-state index >= 15 is 0 Å². The van der Waals surface area contributed by atoms with Gasteiger partial charge in [0.1, 0.15) is 54.3 Å². The van der Waals surface area contributed by atoms with Crippen LogP contribution in [0.5, 0.6) is 0 Å². The van der Waals surface area contributed by atoms with Gasteiger partial charge in [-0.3, -0.25) is 9.59 Å². The summed E-state index contributed by atoms with van der Waals surface area (Å²) in [5.41, 5.74) is 6.63. The predicted molar refractivity (Wildman–Crippen MR) is 242 cm³/mol. The summed E-state index contributed by atoms with van der Waals surface area (Å²) >= 11 is 0. The first-order valence-electron chi connectivity index (χ1n) is 22.8. The van der Waals surface area contributed by atoms with Crippen LogP contribution >= 0.6 is 0 Å². The third-order valence-electron chi connectivity index (χ3n) is 12.7. The molecule has 4 atom stereocenters. The number of carbonyl (C=O) groups excluding carboxylic acids is 1. The van der Waals surface area contributed by atoms with Crippen molar-refractivity contribution >= 4 is 43.4 Å². The number of hydrogen-bond donors (Lipinski definition) is 2. The normalized spacial score (nSPS) is 21.8. The highest BCUT2D eigenvalue weighted by Gasteiger charge is 2.46. The van der Waals surface area contributed by atoms with Crippen molar-refractivity contribution in [3.05, 3.63) is 96.3 Å². The van der Waals surface area contributed by atoms with Gasteiger partial charge >= 0.3 is 18.3 Å². The van der Waals surface area contributed by atoms with Gasteiger partial charge in [-0.2, -0.15) is 35.0 Å². The Hall–Kier alpha value is -5.58. The van der Waals surface area contributed by atoms with Gasteiger partial charge < -0.3 is 20.6 Å². The lowest BCUT2D eigenvalue weighted by Gasteiger charge is -2.33. The molecule has 2 aromatic heterocycles. The van der Waals surface area contributed by atoms with E-state index in [0.29, 0.717) is 47.0 Å². The maximum absolute atomic E-state index is 14.2. The van der Waals surface area contributed by atoms with Crippen LogP contribution in [0.3, 0.4) is 0 Å². The van der Waals surface area contributed by atoms with E-state index in [-0.39, 0.29) is 74.2 Å². The van der Waals surface area contributed by atoms with Gasteiger partial charge in [-0.15, -0.1) is 0 Å². The second-order valence-corrected chi connectivity index (χ2v) is 21.4. The number of rotatable bonds is 12. The number of ketones is 1. The molecule has 4 saturated heterocycles. The van der Waals surface area contributed by atoms with Crippen molar-refractivity contribution < 1.29 is 75.4 Å². The van der Waals surface area contributed by atoms with Gasteiger partial charge in [0, 0.05) is 82.9 Å². The average Bonchev–Trinajstić information content (AvgIpc) is 3.97. The van der Waals surface area contributed by atoms with E-state index < -0.39 is 105 Å². The van der Waals surface area contributed by atoms with Gasteiger partial charge in [0.15, 0.2) is 5.78 Å². The van der Waals surface area contributed by atoms with Crippen LogP contribution in [0.25, 0.3) is 0 Å². The Kier molecular flexibility index (Phi) is 18.4. The first-order valence-corrected chi connectivity index (χ1v) is 25.7. The van der Waals surface area contributed by atoms with Crippen molar-refractivity contribution in [3.63, 3.8) is 0 Å². The molecule has 28 heteroatoms. The minimum absolute atomic E-state index is 0.0359. The number of carboxylic acids is 1. The first-order chi connectivity index (χ1) is 34.3. The number of nitrogens with two attached hydrogens (primary N) is 1. The summed E-state index contributed by atoms with van der Waals surface area (Å²) < 4.78 is 182. The molecule has 0 aliphatic carbocycles. The number of carboxylic acid groups (broad SMARTS) is 1. The molecular weight excluding hydrogens is 1030 g/mol. The number of piperidine rings is 2. The van der Waals surface area contributed by atoms with Crippen LogP contribution in [0.4, 0.5) is 55.5 Å². The van der Waals surface area contributed by atoms with E-state index in [0.717, 1.165) is 52.8 Å². The van der Waals surface area contributed by atoms with Gasteiger partial charge in [-0.1, -0.05) is 0 Å². The van der Waals surface area contributed by atoms with Crippen molar-refractivity contribution in [1.29, 1.82) is 0 Å². The average molecular weight is 1080 g/mol. The third-order valence-corrected chi connectivity index (χ3v) is 16.5. The van der Waals surface area contributed by atoms with Crippen LogP contribution in [-0.2, 0) is 42.6 Å². The number of aromatic nitrogens is 4. The number of Topliss-reactive ketones (excluding diaryl/α,β-unsaturated/α-hetero) is 1. The fourth-order valence-electron chi connectivity index (χ4n) is 8.70. The lowest BCUT2D eigenvalue weighted by molar-refractivity contribution is -0.179. The molecular formula is C45H51F10N9O7S2. The highest BCUT2D eigenvalue weighted by molar-refractivity contribution is 7.89. The number of nitrogens with zero attached hydrogens (tertiary/aromatic N) is 8. The fraction of sp³-hybridized carbons (Fsp3) is 0.511. The molecule has 0 bridgehead atoms. The largest absolute Gasteiger partial charge is 0.480 e. The van der Waals surface area contributed by atoms with Gasteiger partial charge in [0.2, 0.25) is 20.0 Å². The molecule has 0 amide bonds. The van der Waals surface area contributed by atoms with Crippen LogP contribution in [0, 0.1) is 23.5 Å². The van der Waals surface area contributed by atoms with Gasteiger partial charge in [0.05, 0.1) is 33.4 Å². The third kappa shape index (κ3) is 14.6. The highest BCUT2D eigenvalue weighted by Crippen LogP contribution is 2.37. The van der Waals surface area contributed by atoms with Crippen LogP contribution in [0.1, 0.15) is 56.3 Å². The molecule has 0 spiro atoms. The van der Waals surface area contributed by atoms with E-state index in [9.17, 15) is 70.3 Å². The lowest BCUT2D eigenvalue weighted by Crippen LogP contribution is -2.40. The topological polar surface area (TPSA) is 213 Å². The molecule has 0 radical (unpaired) electrons. The summed E-state index contributed by atoms with van der Waals surface area (Å²) in [5, 5.41) is 8.92. The molecule has 8 rings (SSSR count). The van der Waals surface area contributed by atoms with Crippen LogP contribution < -0.4 is 15.5 Å². The number of anilines is 2. The van der Waals surface area contributed by atoms with E-state index in [4.69, 9.17) is 10.8 Å². The highest BCUT2D eigenvalue weighted by atomic mass is 32.2. The quantitative estimate of drug-likeness (QED) is 0.147. The second kappa shape index (κ2) is 23.7. The van der Waals surface area contributed by atoms with Crippen molar-refractivity contribution in [2.75, 3.05) is 49.1 Å². The minimum Gasteiger partial charge on any atom is -0.480 e. The van der Waals surface area contributed by atoms with Crippen molar-refractivity contribution in [2.45, 2.75) is 104 Å². The zero-order valence-electron chi connectivity index (χ0n) is 38.6. The number of halogens is 10. The van der Waals surface area contributed by atoms with Gasteiger partial charge in [-0.25, -0.2) is 54.3 Å². The summed E-state index contributed by atoms with van der Waals surface area (Å²) in [5.74, 6) is -4.53. The summed E-state index contributed by atoms with van der Waals surface area (Å²) in [6, 6.07) is 8.74. The summed E-state index contributed by atoms with van der Waals surface area (Å²) in [4.78, 5) is 43.3. The Labute approximate surface area is 413 Å². The summed E-state index contributed by atoms with van der Waals surface area (Å²) in [6.07, 6.45) is -9.15. The van der Waals surface area contributed by atoms with Crippen molar-refractivity contribution in [3.8, 4) is 0 Å². The molecule has 400 valence electrons. The molecule has 73 heavy (non-hydrogen) atoms.